The summed E-state index contributed by atoms with van der Waals surface area (Å²) >= 11 is 0. The van der Waals surface area contributed by atoms with Crippen LogP contribution in [0.2, 0.25) is 0 Å². The molecule has 2 aromatic carbocycles. The van der Waals surface area contributed by atoms with Crippen LogP contribution in [-0.4, -0.2) is 41.5 Å². The summed E-state index contributed by atoms with van der Waals surface area (Å²) in [7, 11) is 1.43. The maximum atomic E-state index is 12.4. The molecule has 10 heteroatoms. The largest absolute Gasteiger partial charge is 0.493 e. The highest BCUT2D eigenvalue weighted by atomic mass is 16.5. The Morgan fingerprint density at radius 1 is 0.974 bits per heavy atom. The summed E-state index contributed by atoms with van der Waals surface area (Å²) in [5.41, 5.74) is 6.36. The van der Waals surface area contributed by atoms with Crippen LogP contribution in [-0.2, 0) is 11.4 Å². The minimum atomic E-state index is -1.10. The SMILES string of the molecule is COc1cc(/C=N/NC(=O)c2ccc(COc3ccc(-n4c(C)ccc4C)cc3)o2)ccc1OCC(=O)O. The second kappa shape index (κ2) is 11.8. The van der Waals surface area contributed by atoms with E-state index in [1.54, 1.807) is 30.3 Å². The Hall–Kier alpha value is -4.99. The number of furan rings is 1. The number of ether oxygens (including phenoxy) is 3. The van der Waals surface area contributed by atoms with E-state index in [0.29, 0.717) is 22.8 Å². The van der Waals surface area contributed by atoms with Gasteiger partial charge in [-0.2, -0.15) is 5.10 Å². The topological polar surface area (TPSA) is 125 Å². The lowest BCUT2D eigenvalue weighted by Crippen LogP contribution is -2.16. The van der Waals surface area contributed by atoms with E-state index in [9.17, 15) is 9.59 Å². The van der Waals surface area contributed by atoms with Crippen molar-refractivity contribution in [1.82, 2.24) is 9.99 Å². The van der Waals surface area contributed by atoms with E-state index in [-0.39, 0.29) is 18.1 Å². The summed E-state index contributed by atoms with van der Waals surface area (Å²) in [6, 6.07) is 19.9. The maximum absolute atomic E-state index is 12.4. The van der Waals surface area contributed by atoms with Gasteiger partial charge in [0.1, 0.15) is 18.1 Å². The molecule has 0 unspecified atom stereocenters. The maximum Gasteiger partial charge on any atom is 0.341 e. The molecule has 0 spiro atoms. The zero-order valence-corrected chi connectivity index (χ0v) is 21.1. The number of amides is 1. The molecule has 4 aromatic rings. The lowest BCUT2D eigenvalue weighted by atomic mass is 10.2. The standard InChI is InChI=1S/C28H27N3O7/c1-18-4-5-19(2)31(18)21-7-9-22(10-8-21)36-16-23-11-13-25(38-23)28(34)30-29-15-20-6-12-24(26(14-20)35-3)37-17-27(32)33/h4-15H,16-17H2,1-3H3,(H,30,34)(H,32,33)/b29-15+. The number of nitrogens with zero attached hydrogens (tertiary/aromatic N) is 2. The Labute approximate surface area is 219 Å². The van der Waals surface area contributed by atoms with Crippen molar-refractivity contribution >= 4 is 18.1 Å². The van der Waals surface area contributed by atoms with E-state index in [1.165, 1.54) is 13.3 Å². The van der Waals surface area contributed by atoms with Gasteiger partial charge in [-0.3, -0.25) is 4.79 Å². The first-order valence-corrected chi connectivity index (χ1v) is 11.7. The average Bonchev–Trinajstić information content (AvgIpc) is 3.53. The van der Waals surface area contributed by atoms with Crippen LogP contribution >= 0.6 is 0 Å². The van der Waals surface area contributed by atoms with E-state index < -0.39 is 18.5 Å². The molecule has 0 bridgehead atoms. The number of carboxylic acid groups (broad SMARTS) is 1. The Morgan fingerprint density at radius 3 is 2.39 bits per heavy atom. The second-order valence-electron chi connectivity index (χ2n) is 8.29. The van der Waals surface area contributed by atoms with Crippen molar-refractivity contribution in [3.05, 3.63) is 95.2 Å². The smallest absolute Gasteiger partial charge is 0.341 e. The third-order valence-corrected chi connectivity index (χ3v) is 5.55. The van der Waals surface area contributed by atoms with Crippen LogP contribution < -0.4 is 19.6 Å². The normalized spacial score (nSPS) is 10.9. The van der Waals surface area contributed by atoms with Crippen molar-refractivity contribution in [3.8, 4) is 22.9 Å². The van der Waals surface area contributed by atoms with Gasteiger partial charge < -0.3 is 28.3 Å². The molecule has 2 heterocycles. The summed E-state index contributed by atoms with van der Waals surface area (Å²) < 4.78 is 23.9. The molecule has 10 nitrogen and oxygen atoms in total. The van der Waals surface area contributed by atoms with Gasteiger partial charge in [-0.25, -0.2) is 10.2 Å². The minimum Gasteiger partial charge on any atom is -0.493 e. The molecule has 196 valence electrons. The first kappa shape index (κ1) is 26.1. The molecular weight excluding hydrogens is 490 g/mol. The number of hydrazone groups is 1. The molecule has 1 amide bonds. The van der Waals surface area contributed by atoms with Crippen molar-refractivity contribution in [3.63, 3.8) is 0 Å². The van der Waals surface area contributed by atoms with Crippen LogP contribution in [0.4, 0.5) is 0 Å². The molecule has 0 saturated heterocycles. The van der Waals surface area contributed by atoms with E-state index in [1.807, 2.05) is 24.3 Å². The number of carboxylic acids is 1. The summed E-state index contributed by atoms with van der Waals surface area (Å²) in [5.74, 6) is 0.248. The summed E-state index contributed by atoms with van der Waals surface area (Å²) in [6.45, 7) is 3.79. The van der Waals surface area contributed by atoms with Crippen molar-refractivity contribution in [2.45, 2.75) is 20.5 Å². The van der Waals surface area contributed by atoms with Crippen LogP contribution in [0.5, 0.6) is 17.2 Å². The minimum absolute atomic E-state index is 0.0876. The highest BCUT2D eigenvalue weighted by Crippen LogP contribution is 2.27. The molecule has 0 aliphatic carbocycles. The number of aryl methyl sites for hydroxylation is 2. The predicted octanol–water partition coefficient (Wildman–Crippen LogP) is 4.50. The molecule has 2 N–H and O–H groups in total. The molecule has 0 aliphatic rings. The van der Waals surface area contributed by atoms with E-state index in [0.717, 1.165) is 17.1 Å². The van der Waals surface area contributed by atoms with E-state index in [2.05, 4.69) is 41.1 Å². The third-order valence-electron chi connectivity index (χ3n) is 5.55. The molecule has 0 saturated carbocycles. The molecule has 0 aliphatic heterocycles. The highest BCUT2D eigenvalue weighted by molar-refractivity contribution is 5.92. The first-order chi connectivity index (χ1) is 18.3. The van der Waals surface area contributed by atoms with Gasteiger partial charge in [-0.15, -0.1) is 0 Å². The Morgan fingerprint density at radius 2 is 1.71 bits per heavy atom. The molecule has 0 fully saturated rings. The molecular formula is C28H27N3O7. The summed E-state index contributed by atoms with van der Waals surface area (Å²) in [6.07, 6.45) is 1.41. The van der Waals surface area contributed by atoms with Gasteiger partial charge in [0.05, 0.1) is 13.3 Å². The lowest BCUT2D eigenvalue weighted by molar-refractivity contribution is -0.139. The number of benzene rings is 2. The molecule has 2 aromatic heterocycles. The first-order valence-electron chi connectivity index (χ1n) is 11.7. The second-order valence-corrected chi connectivity index (χ2v) is 8.29. The van der Waals surface area contributed by atoms with Crippen LogP contribution in [0.3, 0.4) is 0 Å². The van der Waals surface area contributed by atoms with Crippen molar-refractivity contribution in [2.75, 3.05) is 13.7 Å². The number of carbonyl (C=O) groups excluding carboxylic acids is 1. The van der Waals surface area contributed by atoms with Gasteiger partial charge in [0.25, 0.3) is 0 Å². The average molecular weight is 518 g/mol. The number of nitrogens with one attached hydrogen (secondary N) is 1. The van der Waals surface area contributed by atoms with Gasteiger partial charge in [-0.1, -0.05) is 0 Å². The van der Waals surface area contributed by atoms with Crippen LogP contribution in [0.1, 0.15) is 33.3 Å². The summed E-state index contributed by atoms with van der Waals surface area (Å²) in [5, 5.41) is 12.7. The van der Waals surface area contributed by atoms with Crippen molar-refractivity contribution < 1.29 is 33.3 Å². The Kier molecular flexibility index (Phi) is 8.12. The van der Waals surface area contributed by atoms with Crippen LogP contribution in [0.25, 0.3) is 5.69 Å². The number of methoxy groups -OCH3 is 1. The van der Waals surface area contributed by atoms with Gasteiger partial charge >= 0.3 is 11.9 Å². The third kappa shape index (κ3) is 6.41. The summed E-state index contributed by atoms with van der Waals surface area (Å²) in [4.78, 5) is 23.1. The molecule has 4 rings (SSSR count). The zero-order valence-electron chi connectivity index (χ0n) is 21.1. The van der Waals surface area contributed by atoms with Crippen LogP contribution in [0.15, 0.2) is 76.2 Å². The van der Waals surface area contributed by atoms with Gasteiger partial charge in [0.2, 0.25) is 0 Å². The number of hydrogen-bond acceptors (Lipinski definition) is 7. The number of carbonyl (C=O) groups is 2. The number of hydrogen-bond donors (Lipinski definition) is 2. The zero-order chi connectivity index (χ0) is 27.1. The Bertz CT molecular complexity index is 1430. The Balaban J connectivity index is 1.29. The molecule has 38 heavy (non-hydrogen) atoms. The van der Waals surface area contributed by atoms with E-state index in [4.69, 9.17) is 23.7 Å². The van der Waals surface area contributed by atoms with Crippen molar-refractivity contribution in [2.24, 2.45) is 5.10 Å². The van der Waals surface area contributed by atoms with Gasteiger partial charge in [0.15, 0.2) is 23.9 Å². The number of aromatic nitrogens is 1. The van der Waals surface area contributed by atoms with Crippen LogP contribution in [0, 0.1) is 13.8 Å². The monoisotopic (exact) mass is 517 g/mol. The fourth-order valence-corrected chi connectivity index (χ4v) is 3.74. The fraction of sp³-hybridized carbons (Fsp3) is 0.179. The van der Waals surface area contributed by atoms with Gasteiger partial charge in [0, 0.05) is 17.1 Å². The predicted molar refractivity (Wildman–Crippen MR) is 139 cm³/mol. The quantitative estimate of drug-likeness (QED) is 0.222. The fourth-order valence-electron chi connectivity index (χ4n) is 3.74. The van der Waals surface area contributed by atoms with Crippen molar-refractivity contribution in [1.29, 1.82) is 0 Å². The molecule has 0 atom stereocenters. The molecule has 0 radical (unpaired) electrons. The highest BCUT2D eigenvalue weighted by Gasteiger charge is 2.12. The van der Waals surface area contributed by atoms with Gasteiger partial charge in [-0.05, 0) is 86.1 Å². The number of aliphatic carboxylic acids is 1. The lowest BCUT2D eigenvalue weighted by Gasteiger charge is -2.10. The van der Waals surface area contributed by atoms with E-state index >= 15 is 0 Å². The number of rotatable bonds is 11.